The molecule has 0 aliphatic heterocycles. The number of benzene rings is 2. The molecular weight excluding hydrogens is 264 g/mol. The Labute approximate surface area is 125 Å². The van der Waals surface area contributed by atoms with E-state index in [0.29, 0.717) is 30.0 Å². The summed E-state index contributed by atoms with van der Waals surface area (Å²) in [6.07, 6.45) is 1.86. The molecular formula is C17H22N2O2. The van der Waals surface area contributed by atoms with E-state index in [1.807, 2.05) is 30.3 Å². The summed E-state index contributed by atoms with van der Waals surface area (Å²) in [6, 6.07) is 11.0. The van der Waals surface area contributed by atoms with Gasteiger partial charge >= 0.3 is 0 Å². The van der Waals surface area contributed by atoms with Crippen LogP contribution in [-0.4, -0.2) is 24.1 Å². The molecule has 112 valence electrons. The smallest absolute Gasteiger partial charge is 0.255 e. The van der Waals surface area contributed by atoms with E-state index in [2.05, 4.69) is 12.2 Å². The van der Waals surface area contributed by atoms with Crippen molar-refractivity contribution in [1.29, 1.82) is 0 Å². The van der Waals surface area contributed by atoms with Crippen LogP contribution < -0.4 is 11.1 Å². The molecule has 0 bridgehead atoms. The van der Waals surface area contributed by atoms with Crippen LogP contribution in [-0.2, 0) is 0 Å². The van der Waals surface area contributed by atoms with Gasteiger partial charge in [0, 0.05) is 11.9 Å². The Hall–Kier alpha value is -2.07. The number of phenols is 1. The molecule has 0 spiro atoms. The second-order valence-electron chi connectivity index (χ2n) is 5.24. The van der Waals surface area contributed by atoms with Crippen LogP contribution in [0.15, 0.2) is 36.4 Å². The molecule has 0 aromatic heterocycles. The van der Waals surface area contributed by atoms with Gasteiger partial charge < -0.3 is 16.2 Å². The van der Waals surface area contributed by atoms with E-state index in [0.717, 1.165) is 18.2 Å². The minimum Gasteiger partial charge on any atom is -0.506 e. The number of phenolic OH excluding ortho intramolecular Hbond substituents is 1. The van der Waals surface area contributed by atoms with Gasteiger partial charge in [-0.05, 0) is 30.3 Å². The Morgan fingerprint density at radius 1 is 1.29 bits per heavy atom. The van der Waals surface area contributed by atoms with Crippen LogP contribution in [0.4, 0.5) is 0 Å². The standard InChI is InChI=1S/C17H22N2O2/c1-2-12(9-10-18)11-19-17(21)15-8-7-13-5-3-4-6-14(13)16(15)20/h3-8,12,20H,2,9-11,18H2,1H3,(H,19,21). The highest BCUT2D eigenvalue weighted by Crippen LogP contribution is 2.28. The molecule has 1 atom stereocenters. The highest BCUT2D eigenvalue weighted by atomic mass is 16.3. The van der Waals surface area contributed by atoms with Crippen LogP contribution in [0.5, 0.6) is 5.75 Å². The Morgan fingerprint density at radius 2 is 2.05 bits per heavy atom. The maximum absolute atomic E-state index is 12.2. The summed E-state index contributed by atoms with van der Waals surface area (Å²) in [5, 5.41) is 14.8. The van der Waals surface area contributed by atoms with E-state index in [1.165, 1.54) is 0 Å². The molecule has 4 nitrogen and oxygen atoms in total. The Balaban J connectivity index is 2.14. The first-order valence-corrected chi connectivity index (χ1v) is 7.36. The average molecular weight is 286 g/mol. The minimum absolute atomic E-state index is 0.0393. The lowest BCUT2D eigenvalue weighted by Gasteiger charge is -2.15. The molecule has 0 radical (unpaired) electrons. The predicted octanol–water partition coefficient (Wildman–Crippen LogP) is 2.65. The topological polar surface area (TPSA) is 75.3 Å². The summed E-state index contributed by atoms with van der Waals surface area (Å²) in [5.74, 6) is 0.174. The highest BCUT2D eigenvalue weighted by Gasteiger charge is 2.14. The maximum Gasteiger partial charge on any atom is 0.255 e. The van der Waals surface area contributed by atoms with E-state index in [1.54, 1.807) is 6.07 Å². The maximum atomic E-state index is 12.2. The zero-order valence-corrected chi connectivity index (χ0v) is 12.3. The molecule has 0 heterocycles. The number of carbonyl (C=O) groups excluding carboxylic acids is 1. The predicted molar refractivity (Wildman–Crippen MR) is 85.4 cm³/mol. The van der Waals surface area contributed by atoms with E-state index >= 15 is 0 Å². The monoisotopic (exact) mass is 286 g/mol. The van der Waals surface area contributed by atoms with Gasteiger partial charge in [-0.1, -0.05) is 43.7 Å². The number of aromatic hydroxyl groups is 1. The fourth-order valence-corrected chi connectivity index (χ4v) is 2.46. The number of amides is 1. The van der Waals surface area contributed by atoms with Crippen molar-refractivity contribution in [3.63, 3.8) is 0 Å². The van der Waals surface area contributed by atoms with Crippen molar-refractivity contribution in [3.8, 4) is 5.75 Å². The first kappa shape index (κ1) is 15.3. The van der Waals surface area contributed by atoms with Gasteiger partial charge in [-0.25, -0.2) is 0 Å². The summed E-state index contributed by atoms with van der Waals surface area (Å²) >= 11 is 0. The van der Waals surface area contributed by atoms with Crippen molar-refractivity contribution in [2.75, 3.05) is 13.1 Å². The van der Waals surface area contributed by atoms with Crippen molar-refractivity contribution in [2.24, 2.45) is 11.7 Å². The summed E-state index contributed by atoms with van der Waals surface area (Å²) in [7, 11) is 0. The van der Waals surface area contributed by atoms with E-state index in [4.69, 9.17) is 5.73 Å². The van der Waals surface area contributed by atoms with Crippen molar-refractivity contribution < 1.29 is 9.90 Å². The largest absolute Gasteiger partial charge is 0.506 e. The van der Waals surface area contributed by atoms with Crippen molar-refractivity contribution in [2.45, 2.75) is 19.8 Å². The molecule has 21 heavy (non-hydrogen) atoms. The summed E-state index contributed by atoms with van der Waals surface area (Å²) < 4.78 is 0. The van der Waals surface area contributed by atoms with Crippen LogP contribution in [0.3, 0.4) is 0 Å². The molecule has 0 fully saturated rings. The number of hydrogen-bond donors (Lipinski definition) is 3. The molecule has 0 saturated heterocycles. The average Bonchev–Trinajstić information content (AvgIpc) is 2.51. The van der Waals surface area contributed by atoms with Crippen molar-refractivity contribution >= 4 is 16.7 Å². The normalized spacial score (nSPS) is 12.3. The highest BCUT2D eigenvalue weighted by molar-refractivity contribution is 6.03. The van der Waals surface area contributed by atoms with Gasteiger partial charge in [0.15, 0.2) is 0 Å². The Bertz CT molecular complexity index is 625. The fraction of sp³-hybridized carbons (Fsp3) is 0.353. The first-order valence-electron chi connectivity index (χ1n) is 7.36. The Morgan fingerprint density at radius 3 is 2.76 bits per heavy atom. The number of hydrogen-bond acceptors (Lipinski definition) is 3. The number of rotatable bonds is 6. The second kappa shape index (κ2) is 7.09. The van der Waals surface area contributed by atoms with E-state index in [-0.39, 0.29) is 11.7 Å². The molecule has 4 N–H and O–H groups in total. The van der Waals surface area contributed by atoms with Gasteiger partial charge in [-0.3, -0.25) is 4.79 Å². The molecule has 0 aliphatic rings. The van der Waals surface area contributed by atoms with Gasteiger partial charge in [0.2, 0.25) is 0 Å². The summed E-state index contributed by atoms with van der Waals surface area (Å²) in [6.45, 7) is 3.29. The van der Waals surface area contributed by atoms with Crippen LogP contribution in [0.25, 0.3) is 10.8 Å². The van der Waals surface area contributed by atoms with Crippen molar-refractivity contribution in [1.82, 2.24) is 5.32 Å². The van der Waals surface area contributed by atoms with E-state index in [9.17, 15) is 9.90 Å². The SMILES string of the molecule is CCC(CCN)CNC(=O)c1ccc2ccccc2c1O. The zero-order valence-electron chi connectivity index (χ0n) is 12.3. The lowest BCUT2D eigenvalue weighted by atomic mass is 10.0. The summed E-state index contributed by atoms with van der Waals surface area (Å²) in [4.78, 5) is 12.2. The second-order valence-corrected chi connectivity index (χ2v) is 5.24. The summed E-state index contributed by atoms with van der Waals surface area (Å²) in [5.41, 5.74) is 5.87. The number of fused-ring (bicyclic) bond motifs is 1. The molecule has 0 saturated carbocycles. The lowest BCUT2D eigenvalue weighted by molar-refractivity contribution is 0.0943. The van der Waals surface area contributed by atoms with Crippen molar-refractivity contribution in [3.05, 3.63) is 42.0 Å². The molecule has 2 aromatic carbocycles. The number of nitrogens with one attached hydrogen (secondary N) is 1. The third kappa shape index (κ3) is 3.52. The van der Waals surface area contributed by atoms with Gasteiger partial charge in [-0.15, -0.1) is 0 Å². The molecule has 1 amide bonds. The van der Waals surface area contributed by atoms with Gasteiger partial charge in [0.05, 0.1) is 5.56 Å². The fourth-order valence-electron chi connectivity index (χ4n) is 2.46. The Kier molecular flexibility index (Phi) is 5.17. The molecule has 2 rings (SSSR count). The van der Waals surface area contributed by atoms with Gasteiger partial charge in [-0.2, -0.15) is 0 Å². The van der Waals surface area contributed by atoms with Crippen LogP contribution in [0.2, 0.25) is 0 Å². The first-order chi connectivity index (χ1) is 10.2. The third-order valence-electron chi connectivity index (χ3n) is 3.85. The molecule has 0 aliphatic carbocycles. The quantitative estimate of drug-likeness (QED) is 0.764. The van der Waals surface area contributed by atoms with Crippen LogP contribution in [0, 0.1) is 5.92 Å². The molecule has 4 heteroatoms. The van der Waals surface area contributed by atoms with Gasteiger partial charge in [0.1, 0.15) is 5.75 Å². The van der Waals surface area contributed by atoms with E-state index < -0.39 is 0 Å². The molecule has 2 aromatic rings. The van der Waals surface area contributed by atoms with Crippen LogP contribution in [0.1, 0.15) is 30.1 Å². The number of nitrogens with two attached hydrogens (primary N) is 1. The van der Waals surface area contributed by atoms with Gasteiger partial charge in [0.25, 0.3) is 5.91 Å². The zero-order chi connectivity index (χ0) is 15.2. The molecule has 1 unspecified atom stereocenters. The lowest BCUT2D eigenvalue weighted by Crippen LogP contribution is -2.30. The third-order valence-corrected chi connectivity index (χ3v) is 3.85. The minimum atomic E-state index is -0.242. The van der Waals surface area contributed by atoms with Crippen LogP contribution >= 0.6 is 0 Å². The number of carbonyl (C=O) groups is 1.